The molecule has 0 radical (unpaired) electrons. The largest absolute Gasteiger partial charge is 1.00 e. The number of rotatable bonds is 6. The van der Waals surface area contributed by atoms with E-state index in [1.165, 1.54) is 16.9 Å². The molecule has 1 aromatic heterocycles. The van der Waals surface area contributed by atoms with Gasteiger partial charge in [0.05, 0.1) is 12.2 Å². The second-order valence-electron chi connectivity index (χ2n) is 6.39. The van der Waals surface area contributed by atoms with Crippen LogP contribution in [0.4, 0.5) is 16.5 Å². The van der Waals surface area contributed by atoms with Gasteiger partial charge in [-0.1, -0.05) is 30.3 Å². The predicted octanol–water partition coefficient (Wildman–Crippen LogP) is 2.64. The zero-order valence-electron chi connectivity index (χ0n) is 16.2. The third-order valence-corrected chi connectivity index (χ3v) is 5.56. The van der Waals surface area contributed by atoms with Crippen LogP contribution in [0, 0.1) is 13.8 Å². The number of nitrogens with zero attached hydrogens (tertiary/aromatic N) is 4. The van der Waals surface area contributed by atoms with Gasteiger partial charge in [0, 0.05) is 24.2 Å². The van der Waals surface area contributed by atoms with Crippen molar-refractivity contribution in [2.75, 3.05) is 11.4 Å². The number of aromatic nitrogens is 1. The van der Waals surface area contributed by atoms with Crippen molar-refractivity contribution in [3.63, 3.8) is 0 Å². The van der Waals surface area contributed by atoms with Crippen molar-refractivity contribution >= 4 is 27.8 Å². The molecule has 0 saturated carbocycles. The molecule has 0 N–H and O–H groups in total. The summed E-state index contributed by atoms with van der Waals surface area (Å²) in [4.78, 5) is 2.37. The maximum atomic E-state index is 4.46. The van der Waals surface area contributed by atoms with Gasteiger partial charge in [-0.3, -0.25) is 0 Å². The van der Waals surface area contributed by atoms with Crippen LogP contribution in [-0.4, -0.2) is 6.54 Å². The Morgan fingerprint density at radius 3 is 2.37 bits per heavy atom. The zero-order valence-corrected chi connectivity index (χ0v) is 18.6. The van der Waals surface area contributed by atoms with Crippen molar-refractivity contribution in [2.45, 2.75) is 27.3 Å². The molecule has 2 aromatic carbocycles. The number of anilines is 1. The Hall–Kier alpha value is -2.05. The smallest absolute Gasteiger partial charge is 0.408 e. The quantitative estimate of drug-likeness (QED) is 0.424. The van der Waals surface area contributed by atoms with E-state index in [1.807, 2.05) is 7.05 Å². The van der Waals surface area contributed by atoms with Gasteiger partial charge >= 0.3 is 5.13 Å². The lowest BCUT2D eigenvalue weighted by Gasteiger charge is -2.23. The number of aryl methyl sites for hydroxylation is 2. The van der Waals surface area contributed by atoms with Crippen LogP contribution in [-0.2, 0) is 13.6 Å². The lowest BCUT2D eigenvalue weighted by Crippen LogP contribution is -3.00. The first-order valence-corrected chi connectivity index (χ1v) is 9.72. The monoisotopic (exact) mass is 444 g/mol. The molecule has 0 spiro atoms. The molecule has 3 aromatic rings. The van der Waals surface area contributed by atoms with Crippen LogP contribution < -0.4 is 26.4 Å². The molecule has 3 rings (SSSR count). The van der Waals surface area contributed by atoms with Crippen molar-refractivity contribution in [2.24, 2.45) is 17.3 Å². The van der Waals surface area contributed by atoms with E-state index >= 15 is 0 Å². The first-order chi connectivity index (χ1) is 12.6. The summed E-state index contributed by atoms with van der Waals surface area (Å²) in [6.45, 7) is 8.21. The number of hydrogen-bond acceptors (Lipinski definition) is 4. The molecule has 0 saturated heterocycles. The summed E-state index contributed by atoms with van der Waals surface area (Å²) in [6, 6.07) is 17.0. The fourth-order valence-corrected chi connectivity index (χ4v) is 3.60. The number of benzene rings is 2. The lowest BCUT2D eigenvalue weighted by molar-refractivity contribution is -0.660. The Morgan fingerprint density at radius 1 is 1.04 bits per heavy atom. The van der Waals surface area contributed by atoms with Crippen molar-refractivity contribution in [1.29, 1.82) is 0 Å². The normalized spacial score (nSPS) is 10.8. The SMILES string of the molecule is CCN(Cc1ccccc1)c1ccc(/N=N/c2scc(C)[n+]2C)c(C)c1.[Br-]. The van der Waals surface area contributed by atoms with E-state index in [2.05, 4.69) is 94.4 Å². The van der Waals surface area contributed by atoms with E-state index in [9.17, 15) is 0 Å². The van der Waals surface area contributed by atoms with Crippen LogP contribution in [0.1, 0.15) is 23.7 Å². The Labute approximate surface area is 176 Å². The molecule has 6 heteroatoms. The minimum Gasteiger partial charge on any atom is -1.00 e. The van der Waals surface area contributed by atoms with Crippen molar-refractivity contribution in [3.8, 4) is 0 Å². The first kappa shape index (κ1) is 21.3. The van der Waals surface area contributed by atoms with Gasteiger partial charge in [-0.2, -0.15) is 0 Å². The van der Waals surface area contributed by atoms with Crippen LogP contribution in [0.5, 0.6) is 0 Å². The third kappa shape index (κ3) is 5.23. The van der Waals surface area contributed by atoms with Gasteiger partial charge in [0.25, 0.3) is 0 Å². The van der Waals surface area contributed by atoms with Gasteiger partial charge in [-0.15, -0.1) is 0 Å². The topological polar surface area (TPSA) is 31.8 Å². The maximum absolute atomic E-state index is 4.46. The molecular formula is C21H25BrN4S. The molecule has 0 fully saturated rings. The van der Waals surface area contributed by atoms with Crippen LogP contribution in [0.2, 0.25) is 0 Å². The minimum absolute atomic E-state index is 0. The molecule has 4 nitrogen and oxygen atoms in total. The summed E-state index contributed by atoms with van der Waals surface area (Å²) in [5, 5.41) is 11.9. The molecular weight excluding hydrogens is 420 g/mol. The molecule has 0 unspecified atom stereocenters. The lowest BCUT2D eigenvalue weighted by atomic mass is 10.1. The second kappa shape index (κ2) is 9.76. The Kier molecular flexibility index (Phi) is 7.68. The molecule has 0 aliphatic rings. The molecule has 27 heavy (non-hydrogen) atoms. The maximum Gasteiger partial charge on any atom is 0.408 e. The average molecular weight is 445 g/mol. The minimum atomic E-state index is 0. The highest BCUT2D eigenvalue weighted by atomic mass is 79.9. The number of hydrogen-bond donors (Lipinski definition) is 0. The van der Waals surface area contributed by atoms with Crippen LogP contribution >= 0.6 is 11.3 Å². The summed E-state index contributed by atoms with van der Waals surface area (Å²) in [5.74, 6) is 0. The Bertz CT molecular complexity index is 906. The van der Waals surface area contributed by atoms with Gasteiger partial charge in [-0.05, 0) is 66.5 Å². The summed E-state index contributed by atoms with van der Waals surface area (Å²) in [7, 11) is 2.01. The van der Waals surface area contributed by atoms with Crippen molar-refractivity contribution < 1.29 is 21.5 Å². The van der Waals surface area contributed by atoms with Crippen molar-refractivity contribution in [1.82, 2.24) is 0 Å². The molecule has 0 aliphatic heterocycles. The summed E-state index contributed by atoms with van der Waals surface area (Å²) in [5.41, 5.74) is 5.77. The predicted molar refractivity (Wildman–Crippen MR) is 109 cm³/mol. The van der Waals surface area contributed by atoms with Crippen LogP contribution in [0.3, 0.4) is 0 Å². The van der Waals surface area contributed by atoms with E-state index in [1.54, 1.807) is 11.3 Å². The molecule has 0 aliphatic carbocycles. The van der Waals surface area contributed by atoms with Crippen LogP contribution in [0.15, 0.2) is 64.1 Å². The summed E-state index contributed by atoms with van der Waals surface area (Å²) in [6.07, 6.45) is 0. The highest BCUT2D eigenvalue weighted by Crippen LogP contribution is 2.27. The van der Waals surface area contributed by atoms with Gasteiger partial charge in [0.1, 0.15) is 11.4 Å². The van der Waals surface area contributed by atoms with E-state index < -0.39 is 0 Å². The van der Waals surface area contributed by atoms with Gasteiger partial charge in [0.15, 0.2) is 0 Å². The third-order valence-electron chi connectivity index (χ3n) is 4.54. The van der Waals surface area contributed by atoms with E-state index in [-0.39, 0.29) is 17.0 Å². The molecule has 0 amide bonds. The van der Waals surface area contributed by atoms with E-state index in [0.29, 0.717) is 0 Å². The fourth-order valence-electron chi connectivity index (χ4n) is 2.77. The number of thiazole rings is 1. The number of halogens is 1. The number of azo groups is 1. The summed E-state index contributed by atoms with van der Waals surface area (Å²) >= 11 is 1.61. The average Bonchev–Trinajstić information content (AvgIpc) is 2.98. The zero-order chi connectivity index (χ0) is 18.5. The summed E-state index contributed by atoms with van der Waals surface area (Å²) < 4.78 is 2.05. The standard InChI is InChI=1S/C21H25N4S.BrH/c1-5-25(14-18-9-7-6-8-10-18)19-11-12-20(16(2)13-19)22-23-21-24(4)17(3)15-26-21;/h6-13,15H,5,14H2,1-4H3;1H/q+1;/p-1. The fraction of sp³-hybridized carbons (Fsp3) is 0.286. The van der Waals surface area contributed by atoms with Gasteiger partial charge < -0.3 is 21.9 Å². The highest BCUT2D eigenvalue weighted by molar-refractivity contribution is 7.12. The Balaban J connectivity index is 0.00000261. The van der Waals surface area contributed by atoms with E-state index in [4.69, 9.17) is 0 Å². The van der Waals surface area contributed by atoms with E-state index in [0.717, 1.165) is 29.5 Å². The van der Waals surface area contributed by atoms with Gasteiger partial charge in [-0.25, -0.2) is 4.57 Å². The van der Waals surface area contributed by atoms with Gasteiger partial charge in [0.2, 0.25) is 0 Å². The van der Waals surface area contributed by atoms with Crippen molar-refractivity contribution in [3.05, 3.63) is 70.7 Å². The Morgan fingerprint density at radius 2 is 1.78 bits per heavy atom. The second-order valence-corrected chi connectivity index (χ2v) is 7.23. The van der Waals surface area contributed by atoms with Crippen LogP contribution in [0.25, 0.3) is 0 Å². The molecule has 1 heterocycles. The molecule has 0 atom stereocenters. The molecule has 0 bridgehead atoms. The highest BCUT2D eigenvalue weighted by Gasteiger charge is 2.13. The molecule has 142 valence electrons. The first-order valence-electron chi connectivity index (χ1n) is 8.84.